The van der Waals surface area contributed by atoms with Gasteiger partial charge in [-0.2, -0.15) is 5.26 Å². The van der Waals surface area contributed by atoms with E-state index in [-0.39, 0.29) is 30.1 Å². The zero-order valence-electron chi connectivity index (χ0n) is 20.8. The summed E-state index contributed by atoms with van der Waals surface area (Å²) in [5.74, 6) is 0.802. The number of nitrogens with one attached hydrogen (secondary N) is 1. The summed E-state index contributed by atoms with van der Waals surface area (Å²) in [5, 5.41) is 22.0. The first-order valence-electron chi connectivity index (χ1n) is 12.3. The zero-order valence-corrected chi connectivity index (χ0v) is 24.1. The van der Waals surface area contributed by atoms with Gasteiger partial charge in [-0.3, -0.25) is 14.5 Å². The van der Waals surface area contributed by atoms with Crippen LogP contribution in [0.15, 0.2) is 73.9 Å². The number of Topliss-reactive ketones (excluding diaryl/α,β-unsaturated/α-hetero) is 1. The van der Waals surface area contributed by atoms with Crippen molar-refractivity contribution in [3.8, 4) is 17.6 Å². The van der Waals surface area contributed by atoms with E-state index in [1.54, 1.807) is 23.1 Å². The van der Waals surface area contributed by atoms with Crippen LogP contribution in [0, 0.1) is 11.3 Å². The van der Waals surface area contributed by atoms with E-state index in [9.17, 15) is 14.9 Å². The highest BCUT2D eigenvalue weighted by atomic mass is 79.9. The van der Waals surface area contributed by atoms with Crippen molar-refractivity contribution in [1.29, 1.82) is 5.26 Å². The number of halogens is 1. The number of nitrogens with zero attached hydrogens (tertiary/aromatic N) is 4. The summed E-state index contributed by atoms with van der Waals surface area (Å²) in [6.45, 7) is 0.159. The van der Waals surface area contributed by atoms with E-state index in [4.69, 9.17) is 15.2 Å². The minimum atomic E-state index is -0.543. The van der Waals surface area contributed by atoms with Gasteiger partial charge < -0.3 is 20.5 Å². The van der Waals surface area contributed by atoms with Crippen molar-refractivity contribution in [3.63, 3.8) is 0 Å². The van der Waals surface area contributed by atoms with Crippen LogP contribution in [0.2, 0.25) is 0 Å². The Hall–Kier alpha value is -3.86. The number of fused-ring (bicyclic) bond motifs is 1. The highest BCUT2D eigenvalue weighted by molar-refractivity contribution is 9.10. The number of carbonyl (C=O) groups excluding carboxylic acids is 2. The van der Waals surface area contributed by atoms with E-state index in [1.165, 1.54) is 23.1 Å². The number of hydrogen-bond acceptors (Lipinski definition) is 11. The van der Waals surface area contributed by atoms with Gasteiger partial charge in [0.15, 0.2) is 21.6 Å². The molecule has 202 valence electrons. The number of aromatic nitrogens is 2. The fraction of sp³-hybridized carbons (Fsp3) is 0.222. The standard InChI is InChI=1S/C27H21BrN6O4S2/c28-15-6-4-14(5-7-15)23-17(11-29)25(30)34(18-2-1-3-19(35)24(18)23)26-32-33-27(40-26)39-12-22(36)31-16-8-9-20-21(10-16)38-13-37-20/h4-10,23H,1-3,12-13,30H2,(H,31,36). The van der Waals surface area contributed by atoms with Crippen LogP contribution in [0.5, 0.6) is 11.5 Å². The van der Waals surface area contributed by atoms with E-state index >= 15 is 0 Å². The molecular weight excluding hydrogens is 616 g/mol. The number of thioether (sulfide) groups is 1. The van der Waals surface area contributed by atoms with Gasteiger partial charge in [0, 0.05) is 33.9 Å². The van der Waals surface area contributed by atoms with Crippen molar-refractivity contribution in [1.82, 2.24) is 10.2 Å². The molecule has 0 radical (unpaired) electrons. The first-order chi connectivity index (χ1) is 19.4. The molecule has 1 amide bonds. The minimum Gasteiger partial charge on any atom is -0.454 e. The molecule has 10 nitrogen and oxygen atoms in total. The molecule has 2 aromatic carbocycles. The lowest BCUT2D eigenvalue weighted by Crippen LogP contribution is -2.38. The van der Waals surface area contributed by atoms with Crippen LogP contribution >= 0.6 is 39.0 Å². The van der Waals surface area contributed by atoms with Gasteiger partial charge in [-0.1, -0.05) is 51.2 Å². The molecule has 2 aliphatic heterocycles. The second kappa shape index (κ2) is 11.0. The second-order valence-electron chi connectivity index (χ2n) is 9.12. The largest absolute Gasteiger partial charge is 0.454 e. The van der Waals surface area contributed by atoms with Gasteiger partial charge in [-0.25, -0.2) is 0 Å². The third kappa shape index (κ3) is 4.94. The molecule has 1 atom stereocenters. The molecule has 13 heteroatoms. The Morgan fingerprint density at radius 3 is 2.80 bits per heavy atom. The predicted molar refractivity (Wildman–Crippen MR) is 154 cm³/mol. The summed E-state index contributed by atoms with van der Waals surface area (Å²) in [6, 6.07) is 15.0. The highest BCUT2D eigenvalue weighted by Gasteiger charge is 2.41. The number of benzene rings is 2. The Morgan fingerprint density at radius 1 is 1.20 bits per heavy atom. The van der Waals surface area contributed by atoms with E-state index < -0.39 is 5.92 Å². The maximum atomic E-state index is 13.3. The fourth-order valence-electron chi connectivity index (χ4n) is 4.94. The minimum absolute atomic E-state index is 0.00118. The van der Waals surface area contributed by atoms with Crippen molar-refractivity contribution in [2.45, 2.75) is 29.5 Å². The Kier molecular flexibility index (Phi) is 7.22. The normalized spacial score (nSPS) is 18.1. The number of anilines is 2. The van der Waals surface area contributed by atoms with Gasteiger partial charge in [-0.05, 0) is 42.7 Å². The number of ether oxygens (including phenoxy) is 2. The maximum absolute atomic E-state index is 13.3. The summed E-state index contributed by atoms with van der Waals surface area (Å²) in [5.41, 5.74) is 9.65. The predicted octanol–water partition coefficient (Wildman–Crippen LogP) is 5.06. The van der Waals surface area contributed by atoms with Crippen molar-refractivity contribution in [3.05, 3.63) is 75.2 Å². The molecule has 3 aliphatic rings. The summed E-state index contributed by atoms with van der Waals surface area (Å²) in [6.07, 6.45) is 1.71. The lowest BCUT2D eigenvalue weighted by molar-refractivity contribution is -0.116. The Balaban J connectivity index is 1.23. The maximum Gasteiger partial charge on any atom is 0.234 e. The van der Waals surface area contributed by atoms with E-state index in [1.807, 2.05) is 24.3 Å². The number of rotatable bonds is 6. The van der Waals surface area contributed by atoms with Gasteiger partial charge in [0.1, 0.15) is 5.82 Å². The van der Waals surface area contributed by atoms with E-state index in [0.717, 1.165) is 15.7 Å². The SMILES string of the molecule is N#CC1=C(N)N(c2nnc(SCC(=O)Nc3ccc4c(c3)OCO4)s2)C2=C(C(=O)CCC2)C1c1ccc(Br)cc1. The average molecular weight is 638 g/mol. The zero-order chi connectivity index (χ0) is 27.8. The fourth-order valence-corrected chi connectivity index (χ4v) is 6.89. The molecule has 40 heavy (non-hydrogen) atoms. The number of nitrogens with two attached hydrogens (primary N) is 1. The van der Waals surface area contributed by atoms with Crippen molar-refractivity contribution in [2.24, 2.45) is 5.73 Å². The van der Waals surface area contributed by atoms with E-state index in [2.05, 4.69) is 37.5 Å². The number of nitriles is 1. The molecule has 1 aliphatic carbocycles. The molecule has 0 fully saturated rings. The van der Waals surface area contributed by atoms with E-state index in [0.29, 0.717) is 57.1 Å². The van der Waals surface area contributed by atoms with Crippen LogP contribution in [0.4, 0.5) is 10.8 Å². The van der Waals surface area contributed by atoms with Gasteiger partial charge in [0.25, 0.3) is 0 Å². The molecule has 6 rings (SSSR count). The summed E-state index contributed by atoms with van der Waals surface area (Å²) in [4.78, 5) is 27.5. The van der Waals surface area contributed by atoms with Crippen LogP contribution in [-0.2, 0) is 9.59 Å². The number of carbonyl (C=O) groups is 2. The molecule has 0 saturated carbocycles. The van der Waals surface area contributed by atoms with Gasteiger partial charge >= 0.3 is 0 Å². The Bertz CT molecular complexity index is 1630. The van der Waals surface area contributed by atoms with Crippen molar-refractivity contribution in [2.75, 3.05) is 22.8 Å². The van der Waals surface area contributed by atoms with Gasteiger partial charge in [-0.15, -0.1) is 10.2 Å². The van der Waals surface area contributed by atoms with Crippen LogP contribution < -0.4 is 25.4 Å². The van der Waals surface area contributed by atoms with Crippen LogP contribution in [0.3, 0.4) is 0 Å². The summed E-state index contributed by atoms with van der Waals surface area (Å²) in [7, 11) is 0. The van der Waals surface area contributed by atoms with Gasteiger partial charge in [0.05, 0.1) is 23.3 Å². The number of ketones is 1. The topological polar surface area (TPSA) is 143 Å². The number of hydrogen-bond donors (Lipinski definition) is 2. The number of amides is 1. The van der Waals surface area contributed by atoms with Crippen LogP contribution in [-0.4, -0.2) is 34.4 Å². The molecule has 0 spiro atoms. The number of allylic oxidation sites excluding steroid dienone is 3. The van der Waals surface area contributed by atoms with Crippen molar-refractivity contribution >= 4 is 61.5 Å². The molecule has 3 N–H and O–H groups in total. The summed E-state index contributed by atoms with van der Waals surface area (Å²) >= 11 is 5.93. The molecule has 1 unspecified atom stereocenters. The molecule has 3 aromatic rings. The van der Waals surface area contributed by atoms with Gasteiger partial charge in [0.2, 0.25) is 17.8 Å². The quantitative estimate of drug-likeness (QED) is 0.352. The molecular formula is C27H21BrN6O4S2. The van der Waals surface area contributed by atoms with Crippen LogP contribution in [0.25, 0.3) is 0 Å². The third-order valence-corrected chi connectivity index (χ3v) is 9.26. The van der Waals surface area contributed by atoms with Crippen LogP contribution in [0.1, 0.15) is 30.7 Å². The molecule has 3 heterocycles. The summed E-state index contributed by atoms with van der Waals surface area (Å²) < 4.78 is 12.1. The third-order valence-electron chi connectivity index (χ3n) is 6.69. The van der Waals surface area contributed by atoms with Crippen molar-refractivity contribution < 1.29 is 19.1 Å². The molecule has 0 bridgehead atoms. The highest BCUT2D eigenvalue weighted by Crippen LogP contribution is 2.47. The first kappa shape index (κ1) is 26.4. The molecule has 0 saturated heterocycles. The lowest BCUT2D eigenvalue weighted by Gasteiger charge is -2.38. The average Bonchev–Trinajstić information content (AvgIpc) is 3.61. The molecule has 1 aromatic heterocycles. The first-order valence-corrected chi connectivity index (χ1v) is 14.9. The Labute approximate surface area is 246 Å². The Morgan fingerprint density at radius 2 is 2.00 bits per heavy atom. The lowest BCUT2D eigenvalue weighted by atomic mass is 9.76. The smallest absolute Gasteiger partial charge is 0.234 e. The monoisotopic (exact) mass is 636 g/mol. The second-order valence-corrected chi connectivity index (χ2v) is 12.2.